The maximum Gasteiger partial charge on any atom is 0.332 e. The van der Waals surface area contributed by atoms with E-state index < -0.39 is 0 Å². The molecule has 0 rings (SSSR count). The summed E-state index contributed by atoms with van der Waals surface area (Å²) in [6, 6.07) is 0. The smallest absolute Gasteiger partial charge is 0.332 e. The minimum absolute atomic E-state index is 0.931. The molecule has 0 bridgehead atoms. The first-order valence-electron chi connectivity index (χ1n) is 2.23. The van der Waals surface area contributed by atoms with Gasteiger partial charge in [-0.1, -0.05) is 0 Å². The van der Waals surface area contributed by atoms with Gasteiger partial charge < -0.3 is 4.74 Å². The molecule has 0 spiro atoms. The molecule has 0 heterocycles. The molecule has 7 heavy (non-hydrogen) atoms. The second-order valence-corrected chi connectivity index (χ2v) is 1.62. The standard InChI is InChI=1S/C5H12NO/c1-5(7-4)6(2)3/h1-4H3/q+1. The molecule has 2 heteroatoms. The van der Waals surface area contributed by atoms with E-state index in [0.717, 1.165) is 5.90 Å². The zero-order chi connectivity index (χ0) is 5.86. The average Bonchev–Trinajstić information content (AvgIpc) is 1.65. The molecular formula is C5H12NO+. The van der Waals surface area contributed by atoms with E-state index in [-0.39, 0.29) is 0 Å². The molecule has 2 nitrogen and oxygen atoms in total. The van der Waals surface area contributed by atoms with Crippen molar-refractivity contribution < 1.29 is 9.31 Å². The summed E-state index contributed by atoms with van der Waals surface area (Å²) in [7, 11) is 5.55. The van der Waals surface area contributed by atoms with E-state index in [2.05, 4.69) is 0 Å². The van der Waals surface area contributed by atoms with Gasteiger partial charge in [-0.25, -0.2) is 4.58 Å². The van der Waals surface area contributed by atoms with Gasteiger partial charge in [0.05, 0.1) is 14.0 Å². The van der Waals surface area contributed by atoms with Crippen LogP contribution in [0.3, 0.4) is 0 Å². The maximum absolute atomic E-state index is 4.85. The number of hydrogen-bond donors (Lipinski definition) is 0. The predicted molar refractivity (Wildman–Crippen MR) is 29.8 cm³/mol. The van der Waals surface area contributed by atoms with E-state index in [1.165, 1.54) is 0 Å². The maximum atomic E-state index is 4.85. The van der Waals surface area contributed by atoms with Crippen molar-refractivity contribution in [2.45, 2.75) is 6.92 Å². The van der Waals surface area contributed by atoms with Crippen LogP contribution in [0.1, 0.15) is 6.92 Å². The first-order chi connectivity index (χ1) is 3.18. The Morgan fingerprint density at radius 1 is 1.43 bits per heavy atom. The number of hydrogen-bond acceptors (Lipinski definition) is 1. The van der Waals surface area contributed by atoms with Crippen LogP contribution >= 0.6 is 0 Å². The van der Waals surface area contributed by atoms with Gasteiger partial charge in [0.2, 0.25) is 0 Å². The van der Waals surface area contributed by atoms with Crippen LogP contribution in [0.2, 0.25) is 0 Å². The highest BCUT2D eigenvalue weighted by Gasteiger charge is 1.92. The summed E-state index contributed by atoms with van der Waals surface area (Å²) in [5.41, 5.74) is 0. The molecule has 0 aliphatic heterocycles. The third-order valence-electron chi connectivity index (χ3n) is 0.925. The van der Waals surface area contributed by atoms with E-state index in [1.54, 1.807) is 7.11 Å². The summed E-state index contributed by atoms with van der Waals surface area (Å²) < 4.78 is 6.77. The second-order valence-electron chi connectivity index (χ2n) is 1.62. The normalized spacial score (nSPS) is 8.00. The molecule has 0 fully saturated rings. The number of nitrogens with zero attached hydrogens (tertiary/aromatic N) is 1. The molecular weight excluding hydrogens is 90.1 g/mol. The van der Waals surface area contributed by atoms with Crippen LogP contribution in [-0.2, 0) is 4.74 Å². The first kappa shape index (κ1) is 6.47. The summed E-state index contributed by atoms with van der Waals surface area (Å²) in [5.74, 6) is 0.931. The van der Waals surface area contributed by atoms with Crippen molar-refractivity contribution in [3.05, 3.63) is 0 Å². The summed E-state index contributed by atoms with van der Waals surface area (Å²) in [5, 5.41) is 0. The lowest BCUT2D eigenvalue weighted by atomic mass is 10.7. The Balaban J connectivity index is 3.72. The highest BCUT2D eigenvalue weighted by atomic mass is 16.5. The summed E-state index contributed by atoms with van der Waals surface area (Å²) in [6.45, 7) is 1.92. The Morgan fingerprint density at radius 2 is 1.86 bits per heavy atom. The van der Waals surface area contributed by atoms with Gasteiger partial charge in [0, 0.05) is 0 Å². The van der Waals surface area contributed by atoms with Gasteiger partial charge in [-0.2, -0.15) is 0 Å². The zero-order valence-corrected chi connectivity index (χ0v) is 5.36. The molecule has 0 aromatic heterocycles. The molecule has 0 saturated carbocycles. The van der Waals surface area contributed by atoms with Crippen LogP contribution in [0.15, 0.2) is 0 Å². The number of methoxy groups -OCH3 is 1. The summed E-state index contributed by atoms with van der Waals surface area (Å²) in [4.78, 5) is 0. The van der Waals surface area contributed by atoms with Crippen molar-refractivity contribution in [2.75, 3.05) is 21.2 Å². The quantitative estimate of drug-likeness (QED) is 0.244. The topological polar surface area (TPSA) is 12.2 Å². The minimum atomic E-state index is 0.931. The fraction of sp³-hybridized carbons (Fsp3) is 0.800. The van der Waals surface area contributed by atoms with E-state index >= 15 is 0 Å². The summed E-state index contributed by atoms with van der Waals surface area (Å²) in [6.07, 6.45) is 0. The van der Waals surface area contributed by atoms with Gasteiger partial charge in [0.1, 0.15) is 14.1 Å². The number of rotatable bonds is 0. The molecule has 0 unspecified atom stereocenters. The van der Waals surface area contributed by atoms with E-state index in [0.29, 0.717) is 0 Å². The second kappa shape index (κ2) is 2.61. The molecule has 0 aromatic carbocycles. The van der Waals surface area contributed by atoms with Crippen LogP contribution in [0.4, 0.5) is 0 Å². The Hall–Kier alpha value is -0.530. The molecule has 0 aliphatic carbocycles. The molecule has 0 aromatic rings. The molecule has 42 valence electrons. The van der Waals surface area contributed by atoms with Gasteiger partial charge in [0.15, 0.2) is 0 Å². The van der Waals surface area contributed by atoms with Crippen molar-refractivity contribution in [2.24, 2.45) is 0 Å². The molecule has 0 aliphatic rings. The highest BCUT2D eigenvalue weighted by Crippen LogP contribution is 1.69. The lowest BCUT2D eigenvalue weighted by molar-refractivity contribution is -0.474. The highest BCUT2D eigenvalue weighted by molar-refractivity contribution is 5.67. The van der Waals surface area contributed by atoms with Crippen molar-refractivity contribution in [3.63, 3.8) is 0 Å². The fourth-order valence-corrected chi connectivity index (χ4v) is 0.183. The van der Waals surface area contributed by atoms with Crippen molar-refractivity contribution >= 4 is 5.90 Å². The monoisotopic (exact) mass is 102 g/mol. The Labute approximate surface area is 44.4 Å². The van der Waals surface area contributed by atoms with Gasteiger partial charge >= 0.3 is 5.90 Å². The predicted octanol–water partition coefficient (Wildman–Crippen LogP) is 0.323. The van der Waals surface area contributed by atoms with Crippen LogP contribution in [0.5, 0.6) is 0 Å². The van der Waals surface area contributed by atoms with E-state index in [1.807, 2.05) is 25.6 Å². The number of ether oxygens (including phenoxy) is 1. The minimum Gasteiger partial charge on any atom is -0.452 e. The van der Waals surface area contributed by atoms with Crippen LogP contribution in [-0.4, -0.2) is 31.7 Å². The van der Waals surface area contributed by atoms with Crippen molar-refractivity contribution in [3.8, 4) is 0 Å². The van der Waals surface area contributed by atoms with Gasteiger partial charge in [0.25, 0.3) is 0 Å². The third kappa shape index (κ3) is 2.20. The molecule has 0 N–H and O–H groups in total. The lowest BCUT2D eigenvalue weighted by Gasteiger charge is -1.91. The molecule has 0 amide bonds. The lowest BCUT2D eigenvalue weighted by Crippen LogP contribution is -2.10. The average molecular weight is 102 g/mol. The Bertz CT molecular complexity index is 82.1. The zero-order valence-electron chi connectivity index (χ0n) is 5.36. The van der Waals surface area contributed by atoms with E-state index in [9.17, 15) is 0 Å². The van der Waals surface area contributed by atoms with Gasteiger partial charge in [-0.15, -0.1) is 0 Å². The van der Waals surface area contributed by atoms with Gasteiger partial charge in [-0.3, -0.25) is 0 Å². The Morgan fingerprint density at radius 3 is 1.86 bits per heavy atom. The summed E-state index contributed by atoms with van der Waals surface area (Å²) >= 11 is 0. The Kier molecular flexibility index (Phi) is 2.41. The van der Waals surface area contributed by atoms with Crippen molar-refractivity contribution in [1.29, 1.82) is 0 Å². The van der Waals surface area contributed by atoms with Crippen LogP contribution in [0.25, 0.3) is 0 Å². The van der Waals surface area contributed by atoms with Gasteiger partial charge in [-0.05, 0) is 0 Å². The third-order valence-corrected chi connectivity index (χ3v) is 0.925. The molecule has 0 radical (unpaired) electrons. The molecule has 0 atom stereocenters. The first-order valence-corrected chi connectivity index (χ1v) is 2.23. The fourth-order valence-electron chi connectivity index (χ4n) is 0.183. The SMILES string of the molecule is COC(C)=[N+](C)C. The largest absolute Gasteiger partial charge is 0.452 e. The van der Waals surface area contributed by atoms with Crippen molar-refractivity contribution in [1.82, 2.24) is 0 Å². The van der Waals surface area contributed by atoms with Crippen LogP contribution < -0.4 is 0 Å². The van der Waals surface area contributed by atoms with Crippen LogP contribution in [0, 0.1) is 0 Å². The molecule has 0 saturated heterocycles. The van der Waals surface area contributed by atoms with E-state index in [4.69, 9.17) is 4.74 Å².